The molecule has 0 N–H and O–H groups in total. The zero-order valence-electron chi connectivity index (χ0n) is 14.4. The van der Waals surface area contributed by atoms with E-state index in [0.29, 0.717) is 6.04 Å². The Kier molecular flexibility index (Phi) is 5.39. The molecule has 2 nitrogen and oxygen atoms in total. The third-order valence-electron chi connectivity index (χ3n) is 3.81. The van der Waals surface area contributed by atoms with Crippen molar-refractivity contribution in [2.75, 3.05) is 0 Å². The van der Waals surface area contributed by atoms with E-state index < -0.39 is 0 Å². The monoisotopic (exact) mass is 277 g/mol. The molecule has 0 bridgehead atoms. The van der Waals surface area contributed by atoms with Crippen LogP contribution in [0.3, 0.4) is 0 Å². The standard InChI is InChI=1S/C18H31NO/c1-14(16-12-10-9-11-13-16)20-19(18(6,7)8)15(2)17(3,4)5/h9-15H,1-8H3. The molecular weight excluding hydrogens is 246 g/mol. The number of rotatable bonds is 4. The summed E-state index contributed by atoms with van der Waals surface area (Å²) >= 11 is 0. The minimum atomic E-state index is -0.0320. The predicted molar refractivity (Wildman–Crippen MR) is 86.5 cm³/mol. The lowest BCUT2D eigenvalue weighted by molar-refractivity contribution is -0.274. The minimum absolute atomic E-state index is 0.0320. The van der Waals surface area contributed by atoms with Gasteiger partial charge in [0.05, 0.1) is 0 Å². The lowest BCUT2D eigenvalue weighted by Gasteiger charge is -2.45. The van der Waals surface area contributed by atoms with Crippen molar-refractivity contribution in [3.05, 3.63) is 35.9 Å². The molecule has 0 radical (unpaired) electrons. The summed E-state index contributed by atoms with van der Waals surface area (Å²) in [5, 5.41) is 2.16. The van der Waals surface area contributed by atoms with Crippen LogP contribution < -0.4 is 0 Å². The third kappa shape index (κ3) is 4.60. The third-order valence-corrected chi connectivity index (χ3v) is 3.81. The lowest BCUT2D eigenvalue weighted by atomic mass is 9.86. The van der Waals surface area contributed by atoms with Crippen molar-refractivity contribution in [3.63, 3.8) is 0 Å². The van der Waals surface area contributed by atoms with Crippen LogP contribution in [0.15, 0.2) is 30.3 Å². The van der Waals surface area contributed by atoms with Gasteiger partial charge in [0.2, 0.25) is 0 Å². The maximum atomic E-state index is 6.32. The highest BCUT2D eigenvalue weighted by Crippen LogP contribution is 2.32. The molecule has 2 atom stereocenters. The van der Waals surface area contributed by atoms with Gasteiger partial charge in [0, 0.05) is 11.6 Å². The van der Waals surface area contributed by atoms with Gasteiger partial charge in [-0.3, -0.25) is 4.84 Å². The van der Waals surface area contributed by atoms with E-state index in [9.17, 15) is 0 Å². The molecule has 1 aromatic carbocycles. The molecule has 0 heterocycles. The van der Waals surface area contributed by atoms with E-state index in [1.54, 1.807) is 0 Å². The normalized spacial score (nSPS) is 16.2. The molecule has 0 saturated carbocycles. The Labute approximate surface area is 125 Å². The van der Waals surface area contributed by atoms with Crippen molar-refractivity contribution in [3.8, 4) is 0 Å². The molecule has 114 valence electrons. The zero-order valence-corrected chi connectivity index (χ0v) is 14.4. The number of nitrogens with zero attached hydrogens (tertiary/aromatic N) is 1. The van der Waals surface area contributed by atoms with Gasteiger partial charge in [0.1, 0.15) is 6.10 Å². The topological polar surface area (TPSA) is 12.5 Å². The molecule has 0 saturated heterocycles. The van der Waals surface area contributed by atoms with Crippen molar-refractivity contribution in [2.24, 2.45) is 5.41 Å². The van der Waals surface area contributed by atoms with E-state index in [-0.39, 0.29) is 17.1 Å². The van der Waals surface area contributed by atoms with E-state index in [1.165, 1.54) is 5.56 Å². The molecule has 2 heteroatoms. The minimum Gasteiger partial charge on any atom is -0.290 e. The van der Waals surface area contributed by atoms with Gasteiger partial charge >= 0.3 is 0 Å². The summed E-state index contributed by atoms with van der Waals surface area (Å²) < 4.78 is 0. The van der Waals surface area contributed by atoms with E-state index >= 15 is 0 Å². The predicted octanol–water partition coefficient (Wildman–Crippen LogP) is 5.21. The van der Waals surface area contributed by atoms with Gasteiger partial charge in [0.25, 0.3) is 0 Å². The Morgan fingerprint density at radius 3 is 1.80 bits per heavy atom. The summed E-state index contributed by atoms with van der Waals surface area (Å²) in [7, 11) is 0. The van der Waals surface area contributed by atoms with Crippen molar-refractivity contribution < 1.29 is 4.84 Å². The molecule has 20 heavy (non-hydrogen) atoms. The number of hydroxylamine groups is 2. The van der Waals surface area contributed by atoms with Gasteiger partial charge < -0.3 is 0 Å². The number of hydrogen-bond acceptors (Lipinski definition) is 2. The maximum Gasteiger partial charge on any atom is 0.101 e. The van der Waals surface area contributed by atoms with Gasteiger partial charge in [-0.05, 0) is 45.6 Å². The van der Waals surface area contributed by atoms with Crippen molar-refractivity contribution in [2.45, 2.75) is 73.1 Å². The molecule has 2 unspecified atom stereocenters. The Morgan fingerprint density at radius 1 is 0.900 bits per heavy atom. The summed E-state index contributed by atoms with van der Waals surface area (Å²) in [6.45, 7) is 17.7. The van der Waals surface area contributed by atoms with Gasteiger partial charge in [-0.25, -0.2) is 0 Å². The smallest absolute Gasteiger partial charge is 0.101 e. The highest BCUT2D eigenvalue weighted by molar-refractivity contribution is 5.16. The fraction of sp³-hybridized carbons (Fsp3) is 0.667. The first-order valence-corrected chi connectivity index (χ1v) is 7.54. The van der Waals surface area contributed by atoms with Gasteiger partial charge in [-0.1, -0.05) is 51.1 Å². The van der Waals surface area contributed by atoms with Crippen LogP contribution in [0.4, 0.5) is 0 Å². The Bertz CT molecular complexity index is 400. The molecule has 0 aliphatic rings. The zero-order chi connectivity index (χ0) is 15.6. The summed E-state index contributed by atoms with van der Waals surface area (Å²) in [4.78, 5) is 6.32. The largest absolute Gasteiger partial charge is 0.290 e. The first-order chi connectivity index (χ1) is 9.03. The van der Waals surface area contributed by atoms with E-state index in [4.69, 9.17) is 4.84 Å². The average Bonchev–Trinajstić information content (AvgIpc) is 2.33. The van der Waals surface area contributed by atoms with Gasteiger partial charge in [0.15, 0.2) is 0 Å². The van der Waals surface area contributed by atoms with Crippen LogP contribution in [0.1, 0.15) is 67.1 Å². The summed E-state index contributed by atoms with van der Waals surface area (Å²) in [6.07, 6.45) is 0.0558. The summed E-state index contributed by atoms with van der Waals surface area (Å²) in [5.74, 6) is 0. The fourth-order valence-corrected chi connectivity index (χ4v) is 2.14. The second-order valence-electron chi connectivity index (χ2n) is 7.70. The first kappa shape index (κ1) is 17.2. The summed E-state index contributed by atoms with van der Waals surface area (Å²) in [5.41, 5.74) is 1.35. The van der Waals surface area contributed by atoms with Gasteiger partial charge in [-0.15, -0.1) is 0 Å². The van der Waals surface area contributed by atoms with Crippen molar-refractivity contribution >= 4 is 0 Å². The quantitative estimate of drug-likeness (QED) is 0.700. The fourth-order valence-electron chi connectivity index (χ4n) is 2.14. The Balaban J connectivity index is 2.92. The van der Waals surface area contributed by atoms with E-state index in [1.807, 2.05) is 6.07 Å². The number of hydrogen-bond donors (Lipinski definition) is 0. The van der Waals surface area contributed by atoms with Crippen molar-refractivity contribution in [1.82, 2.24) is 5.06 Å². The lowest BCUT2D eigenvalue weighted by Crippen LogP contribution is -2.52. The molecule has 0 fully saturated rings. The Hall–Kier alpha value is -0.860. The van der Waals surface area contributed by atoms with E-state index in [0.717, 1.165) is 0 Å². The Morgan fingerprint density at radius 2 is 1.40 bits per heavy atom. The van der Waals surface area contributed by atoms with Crippen LogP contribution in [0.2, 0.25) is 0 Å². The molecule has 0 aromatic heterocycles. The molecule has 0 amide bonds. The molecule has 0 spiro atoms. The second-order valence-corrected chi connectivity index (χ2v) is 7.70. The second kappa shape index (κ2) is 6.28. The highest BCUT2D eigenvalue weighted by atomic mass is 16.7. The molecule has 1 aromatic rings. The van der Waals surface area contributed by atoms with Crippen LogP contribution in [-0.4, -0.2) is 16.6 Å². The molecule has 0 aliphatic carbocycles. The van der Waals surface area contributed by atoms with Crippen LogP contribution >= 0.6 is 0 Å². The number of benzene rings is 1. The van der Waals surface area contributed by atoms with E-state index in [2.05, 4.69) is 84.7 Å². The molecular formula is C18H31NO. The average molecular weight is 277 g/mol. The maximum absolute atomic E-state index is 6.32. The van der Waals surface area contributed by atoms with Crippen LogP contribution in [0.25, 0.3) is 0 Å². The summed E-state index contributed by atoms with van der Waals surface area (Å²) in [6, 6.07) is 10.7. The van der Waals surface area contributed by atoms with Crippen LogP contribution in [0, 0.1) is 5.41 Å². The van der Waals surface area contributed by atoms with Crippen molar-refractivity contribution in [1.29, 1.82) is 0 Å². The van der Waals surface area contributed by atoms with Crippen LogP contribution in [-0.2, 0) is 4.84 Å². The molecule has 0 aliphatic heterocycles. The van der Waals surface area contributed by atoms with Gasteiger partial charge in [-0.2, -0.15) is 5.06 Å². The SMILES string of the molecule is CC(ON(C(C)C(C)(C)C)C(C)(C)C)c1ccccc1. The van der Waals surface area contributed by atoms with Crippen LogP contribution in [0.5, 0.6) is 0 Å². The first-order valence-electron chi connectivity index (χ1n) is 7.54. The molecule has 1 rings (SSSR count). The highest BCUT2D eigenvalue weighted by Gasteiger charge is 2.35.